The van der Waals surface area contributed by atoms with E-state index >= 15 is 0 Å². The Labute approximate surface area is 156 Å². The summed E-state index contributed by atoms with van der Waals surface area (Å²) >= 11 is 12.0. The second kappa shape index (κ2) is 8.57. The predicted molar refractivity (Wildman–Crippen MR) is 101 cm³/mol. The molecule has 0 bridgehead atoms. The number of benzene rings is 2. The Morgan fingerprint density at radius 2 is 1.92 bits per heavy atom. The molecule has 0 aliphatic heterocycles. The van der Waals surface area contributed by atoms with Crippen molar-refractivity contribution < 1.29 is 9.53 Å². The van der Waals surface area contributed by atoms with Gasteiger partial charge in [0, 0.05) is 5.56 Å². The molecule has 0 fully saturated rings. The first-order valence-corrected chi connectivity index (χ1v) is 8.30. The van der Waals surface area contributed by atoms with Gasteiger partial charge in [-0.25, -0.2) is 0 Å². The average Bonchev–Trinajstić information content (AvgIpc) is 2.57. The Hall–Kier alpha value is -2.48. The molecule has 25 heavy (non-hydrogen) atoms. The number of nitriles is 1. The SMILES string of the molecule is CC(C)Oc1ccccc1C=C(C#N)C(=O)Nc1cccc(Cl)c1Cl. The number of hydrogen-bond acceptors (Lipinski definition) is 3. The molecule has 6 heteroatoms. The molecule has 0 aliphatic carbocycles. The van der Waals surface area contributed by atoms with Crippen molar-refractivity contribution >= 4 is 40.9 Å². The number of nitrogens with zero attached hydrogens (tertiary/aromatic N) is 1. The van der Waals surface area contributed by atoms with Gasteiger partial charge in [-0.05, 0) is 38.1 Å². The fraction of sp³-hybridized carbons (Fsp3) is 0.158. The number of rotatable bonds is 5. The van der Waals surface area contributed by atoms with E-state index in [9.17, 15) is 10.1 Å². The van der Waals surface area contributed by atoms with Crippen molar-refractivity contribution in [2.45, 2.75) is 20.0 Å². The van der Waals surface area contributed by atoms with E-state index in [1.54, 1.807) is 36.4 Å². The highest BCUT2D eigenvalue weighted by Crippen LogP contribution is 2.30. The zero-order valence-electron chi connectivity index (χ0n) is 13.7. The van der Waals surface area contributed by atoms with Gasteiger partial charge in [-0.3, -0.25) is 4.79 Å². The van der Waals surface area contributed by atoms with Crippen molar-refractivity contribution in [1.29, 1.82) is 5.26 Å². The third-order valence-corrected chi connectivity index (χ3v) is 3.97. The summed E-state index contributed by atoms with van der Waals surface area (Å²) in [6.45, 7) is 3.80. The van der Waals surface area contributed by atoms with Gasteiger partial charge in [0.15, 0.2) is 0 Å². The van der Waals surface area contributed by atoms with Crippen molar-refractivity contribution in [2.75, 3.05) is 5.32 Å². The number of nitrogens with one attached hydrogen (secondary N) is 1. The minimum absolute atomic E-state index is 0.0285. The lowest BCUT2D eigenvalue weighted by molar-refractivity contribution is -0.112. The van der Waals surface area contributed by atoms with Crippen LogP contribution in [0.4, 0.5) is 5.69 Å². The van der Waals surface area contributed by atoms with Crippen LogP contribution in [-0.2, 0) is 4.79 Å². The topological polar surface area (TPSA) is 62.1 Å². The number of carbonyl (C=O) groups is 1. The maximum Gasteiger partial charge on any atom is 0.266 e. The lowest BCUT2D eigenvalue weighted by Crippen LogP contribution is -2.14. The molecule has 0 radical (unpaired) electrons. The summed E-state index contributed by atoms with van der Waals surface area (Å²) < 4.78 is 5.70. The van der Waals surface area contributed by atoms with Crippen LogP contribution < -0.4 is 10.1 Å². The summed E-state index contributed by atoms with van der Waals surface area (Å²) in [5.41, 5.74) is 0.906. The van der Waals surface area contributed by atoms with Crippen LogP contribution in [0.15, 0.2) is 48.0 Å². The molecule has 0 atom stereocenters. The molecule has 1 N–H and O–H groups in total. The number of hydrogen-bond donors (Lipinski definition) is 1. The highest BCUT2D eigenvalue weighted by atomic mass is 35.5. The number of para-hydroxylation sites is 1. The van der Waals surface area contributed by atoms with Crippen LogP contribution in [0.2, 0.25) is 10.0 Å². The van der Waals surface area contributed by atoms with E-state index in [1.807, 2.05) is 26.0 Å². The van der Waals surface area contributed by atoms with Crippen LogP contribution in [0.25, 0.3) is 6.08 Å². The Bertz CT molecular complexity index is 855. The average molecular weight is 375 g/mol. The quantitative estimate of drug-likeness (QED) is 0.568. The highest BCUT2D eigenvalue weighted by molar-refractivity contribution is 6.44. The van der Waals surface area contributed by atoms with Crippen molar-refractivity contribution in [3.8, 4) is 11.8 Å². The van der Waals surface area contributed by atoms with Crippen molar-refractivity contribution in [3.63, 3.8) is 0 Å². The number of amides is 1. The largest absolute Gasteiger partial charge is 0.490 e. The van der Waals surface area contributed by atoms with E-state index in [0.29, 0.717) is 22.0 Å². The summed E-state index contributed by atoms with van der Waals surface area (Å²) in [6.07, 6.45) is 1.45. The molecule has 2 aromatic carbocycles. The first-order chi connectivity index (χ1) is 11.9. The minimum atomic E-state index is -0.578. The summed E-state index contributed by atoms with van der Waals surface area (Å²) in [5, 5.41) is 12.5. The van der Waals surface area contributed by atoms with E-state index in [1.165, 1.54) is 6.08 Å². The van der Waals surface area contributed by atoms with E-state index in [2.05, 4.69) is 5.32 Å². The third kappa shape index (κ3) is 4.99. The minimum Gasteiger partial charge on any atom is -0.490 e. The number of halogens is 2. The Kier molecular flexibility index (Phi) is 6.46. The molecule has 0 aliphatic rings. The summed E-state index contributed by atoms with van der Waals surface area (Å²) in [6, 6.07) is 14.0. The third-order valence-electron chi connectivity index (χ3n) is 3.15. The van der Waals surface area contributed by atoms with Crippen molar-refractivity contribution in [2.24, 2.45) is 0 Å². The summed E-state index contributed by atoms with van der Waals surface area (Å²) in [5.74, 6) is 0.0184. The molecule has 0 heterocycles. The van der Waals surface area contributed by atoms with Gasteiger partial charge in [-0.2, -0.15) is 5.26 Å². The Morgan fingerprint density at radius 1 is 1.20 bits per heavy atom. The molecule has 0 saturated carbocycles. The van der Waals surface area contributed by atoms with E-state index in [-0.39, 0.29) is 16.7 Å². The lowest BCUT2D eigenvalue weighted by Gasteiger charge is -2.12. The van der Waals surface area contributed by atoms with Gasteiger partial charge in [0.25, 0.3) is 5.91 Å². The van der Waals surface area contributed by atoms with E-state index in [4.69, 9.17) is 27.9 Å². The van der Waals surface area contributed by atoms with Crippen LogP contribution in [-0.4, -0.2) is 12.0 Å². The van der Waals surface area contributed by atoms with Gasteiger partial charge in [0.2, 0.25) is 0 Å². The van der Waals surface area contributed by atoms with Gasteiger partial charge in [-0.15, -0.1) is 0 Å². The second-order valence-corrected chi connectivity index (χ2v) is 6.21. The van der Waals surface area contributed by atoms with Gasteiger partial charge >= 0.3 is 0 Å². The molecule has 1 amide bonds. The van der Waals surface area contributed by atoms with Gasteiger partial charge < -0.3 is 10.1 Å². The van der Waals surface area contributed by atoms with Gasteiger partial charge in [0.1, 0.15) is 17.4 Å². The molecule has 0 unspecified atom stereocenters. The van der Waals surface area contributed by atoms with Gasteiger partial charge in [-0.1, -0.05) is 47.5 Å². The smallest absolute Gasteiger partial charge is 0.266 e. The Morgan fingerprint density at radius 3 is 2.60 bits per heavy atom. The standard InChI is InChI=1S/C19H16Cl2N2O2/c1-12(2)25-17-9-4-3-6-13(17)10-14(11-22)19(24)23-16-8-5-7-15(20)18(16)21/h3-10,12H,1-2H3,(H,23,24). The molecular weight excluding hydrogens is 359 g/mol. The molecule has 2 rings (SSSR count). The zero-order chi connectivity index (χ0) is 18.4. The van der Waals surface area contributed by atoms with Crippen LogP contribution in [0.5, 0.6) is 5.75 Å². The van der Waals surface area contributed by atoms with E-state index < -0.39 is 5.91 Å². The zero-order valence-corrected chi connectivity index (χ0v) is 15.2. The fourth-order valence-corrected chi connectivity index (χ4v) is 2.40. The molecule has 0 saturated heterocycles. The highest BCUT2D eigenvalue weighted by Gasteiger charge is 2.14. The van der Waals surface area contributed by atoms with Crippen LogP contribution in [0, 0.1) is 11.3 Å². The maximum atomic E-state index is 12.4. The first-order valence-electron chi connectivity index (χ1n) is 7.55. The molecule has 128 valence electrons. The maximum absolute atomic E-state index is 12.4. The van der Waals surface area contributed by atoms with Crippen LogP contribution in [0.1, 0.15) is 19.4 Å². The van der Waals surface area contributed by atoms with Crippen molar-refractivity contribution in [3.05, 3.63) is 63.6 Å². The van der Waals surface area contributed by atoms with Gasteiger partial charge in [0.05, 0.1) is 21.8 Å². The monoisotopic (exact) mass is 374 g/mol. The second-order valence-electron chi connectivity index (χ2n) is 5.43. The predicted octanol–water partition coefficient (Wildman–Crippen LogP) is 5.33. The van der Waals surface area contributed by atoms with Crippen LogP contribution >= 0.6 is 23.2 Å². The van der Waals surface area contributed by atoms with Crippen molar-refractivity contribution in [1.82, 2.24) is 0 Å². The summed E-state index contributed by atoms with van der Waals surface area (Å²) in [4.78, 5) is 12.4. The van der Waals surface area contributed by atoms with Crippen LogP contribution in [0.3, 0.4) is 0 Å². The molecule has 0 spiro atoms. The lowest BCUT2D eigenvalue weighted by atomic mass is 10.1. The summed E-state index contributed by atoms with van der Waals surface area (Å²) in [7, 11) is 0. The molecular formula is C19H16Cl2N2O2. The molecule has 2 aromatic rings. The van der Waals surface area contributed by atoms with E-state index in [0.717, 1.165) is 0 Å². The normalized spacial score (nSPS) is 11.1. The fourth-order valence-electron chi connectivity index (χ4n) is 2.06. The molecule has 4 nitrogen and oxygen atoms in total. The Balaban J connectivity index is 2.30. The first kappa shape index (κ1) is 18.9. The number of carbonyl (C=O) groups excluding carboxylic acids is 1. The molecule has 0 aromatic heterocycles. The number of anilines is 1. The number of ether oxygens (including phenoxy) is 1.